The third-order valence-corrected chi connectivity index (χ3v) is 1.31. The van der Waals surface area contributed by atoms with Crippen LogP contribution in [0.3, 0.4) is 0 Å². The maximum atomic E-state index is 10.5. The van der Waals surface area contributed by atoms with E-state index in [9.17, 15) is 9.36 Å². The second kappa shape index (κ2) is 4.25. The summed E-state index contributed by atoms with van der Waals surface area (Å²) in [4.78, 5) is 27.0. The van der Waals surface area contributed by atoms with Gasteiger partial charge in [0.1, 0.15) is 12.2 Å². The van der Waals surface area contributed by atoms with E-state index in [0.29, 0.717) is 0 Å². The predicted molar refractivity (Wildman–Crippen MR) is 38.9 cm³/mol. The van der Waals surface area contributed by atoms with E-state index in [4.69, 9.17) is 9.79 Å². The highest BCUT2D eigenvalue weighted by molar-refractivity contribution is 7.46. The van der Waals surface area contributed by atoms with Crippen molar-refractivity contribution in [3.05, 3.63) is 12.3 Å². The summed E-state index contributed by atoms with van der Waals surface area (Å²) in [6, 6.07) is 0. The summed E-state index contributed by atoms with van der Waals surface area (Å²) in [5.41, 5.74) is 0. The lowest BCUT2D eigenvalue weighted by molar-refractivity contribution is -0.140. The Morgan fingerprint density at radius 3 is 2.42 bits per heavy atom. The molecule has 70 valence electrons. The minimum Gasteiger partial charge on any atom is -0.469 e. The number of phosphoric acid groups is 1. The summed E-state index contributed by atoms with van der Waals surface area (Å²) in [6.45, 7) is 3.11. The van der Waals surface area contributed by atoms with Gasteiger partial charge in [-0.15, -0.1) is 0 Å². The number of rotatable bonds is 4. The van der Waals surface area contributed by atoms with Crippen LogP contribution in [0.1, 0.15) is 6.42 Å². The van der Waals surface area contributed by atoms with Crippen LogP contribution in [-0.2, 0) is 18.6 Å². The van der Waals surface area contributed by atoms with Gasteiger partial charge in [0.25, 0.3) is 0 Å². The third kappa shape index (κ3) is 5.91. The molecule has 2 N–H and O–H groups in total. The van der Waals surface area contributed by atoms with E-state index >= 15 is 0 Å². The fourth-order valence-electron chi connectivity index (χ4n) is 0.434. The van der Waals surface area contributed by atoms with Gasteiger partial charge in [-0.05, 0) is 0 Å². The SMILES string of the molecule is C=C(CC(=O)OC)OP(=O)(O)O. The molecule has 0 saturated heterocycles. The lowest BCUT2D eigenvalue weighted by Gasteiger charge is -2.07. The first kappa shape index (κ1) is 11.2. The monoisotopic (exact) mass is 196 g/mol. The maximum Gasteiger partial charge on any atom is 0.524 e. The molecule has 0 bridgehead atoms. The first-order chi connectivity index (χ1) is 5.35. The minimum absolute atomic E-state index is 0.324. The van der Waals surface area contributed by atoms with Gasteiger partial charge in [0.05, 0.1) is 7.11 Å². The average molecular weight is 196 g/mol. The number of ether oxygens (including phenoxy) is 1. The van der Waals surface area contributed by atoms with Crippen LogP contribution >= 0.6 is 7.82 Å². The van der Waals surface area contributed by atoms with E-state index in [1.165, 1.54) is 0 Å². The van der Waals surface area contributed by atoms with Crippen molar-refractivity contribution in [2.45, 2.75) is 6.42 Å². The molecule has 0 aromatic carbocycles. The Bertz CT molecular complexity index is 228. The number of hydrogen-bond acceptors (Lipinski definition) is 4. The van der Waals surface area contributed by atoms with Crippen LogP contribution in [0.2, 0.25) is 0 Å². The Labute approximate surface area is 69.0 Å². The summed E-state index contributed by atoms with van der Waals surface area (Å²) >= 11 is 0. The van der Waals surface area contributed by atoms with Crippen LogP contribution in [0.4, 0.5) is 0 Å². The molecule has 12 heavy (non-hydrogen) atoms. The van der Waals surface area contributed by atoms with E-state index in [1.54, 1.807) is 0 Å². The van der Waals surface area contributed by atoms with Gasteiger partial charge in [-0.2, -0.15) is 0 Å². The molecule has 0 aliphatic heterocycles. The second-order valence-corrected chi connectivity index (χ2v) is 3.04. The molecule has 0 spiro atoms. The third-order valence-electron chi connectivity index (χ3n) is 0.817. The van der Waals surface area contributed by atoms with Gasteiger partial charge in [0.15, 0.2) is 0 Å². The van der Waals surface area contributed by atoms with Crippen molar-refractivity contribution < 1.29 is 28.4 Å². The van der Waals surface area contributed by atoms with Crippen molar-refractivity contribution in [1.29, 1.82) is 0 Å². The Morgan fingerprint density at radius 1 is 1.58 bits per heavy atom. The summed E-state index contributed by atoms with van der Waals surface area (Å²) in [7, 11) is -3.45. The molecule has 0 radical (unpaired) electrons. The highest BCUT2D eigenvalue weighted by Gasteiger charge is 2.18. The molecule has 0 fully saturated rings. The van der Waals surface area contributed by atoms with Gasteiger partial charge in [-0.25, -0.2) is 4.57 Å². The van der Waals surface area contributed by atoms with Gasteiger partial charge < -0.3 is 9.26 Å². The molecule has 0 amide bonds. The van der Waals surface area contributed by atoms with Crippen LogP contribution in [0.15, 0.2) is 12.3 Å². The van der Waals surface area contributed by atoms with Crippen molar-refractivity contribution >= 4 is 13.8 Å². The van der Waals surface area contributed by atoms with Crippen LogP contribution in [-0.4, -0.2) is 22.9 Å². The smallest absolute Gasteiger partial charge is 0.469 e. The topological polar surface area (TPSA) is 93.1 Å². The number of methoxy groups -OCH3 is 1. The number of carbonyl (C=O) groups excluding carboxylic acids is 1. The molecular formula is C5H9O6P. The van der Waals surface area contributed by atoms with Crippen LogP contribution < -0.4 is 0 Å². The first-order valence-electron chi connectivity index (χ1n) is 2.85. The van der Waals surface area contributed by atoms with Gasteiger partial charge in [0.2, 0.25) is 0 Å². The maximum absolute atomic E-state index is 10.5. The molecule has 0 rings (SSSR count). The quantitative estimate of drug-likeness (QED) is 0.378. The number of carbonyl (C=O) groups is 1. The largest absolute Gasteiger partial charge is 0.524 e. The van der Waals surface area contributed by atoms with E-state index < -0.39 is 13.8 Å². The Balaban J connectivity index is 3.92. The molecule has 0 aromatic heterocycles. The Hall–Kier alpha value is -0.840. The normalized spacial score (nSPS) is 10.6. The van der Waals surface area contributed by atoms with E-state index in [0.717, 1.165) is 7.11 Å². The molecule has 6 nitrogen and oxygen atoms in total. The molecule has 0 unspecified atom stereocenters. The molecule has 0 saturated carbocycles. The van der Waals surface area contributed by atoms with E-state index in [-0.39, 0.29) is 12.2 Å². The Morgan fingerprint density at radius 2 is 2.08 bits per heavy atom. The summed E-state index contributed by atoms with van der Waals surface area (Å²) in [5.74, 6) is -0.997. The van der Waals surface area contributed by atoms with Crippen LogP contribution in [0, 0.1) is 0 Å². The van der Waals surface area contributed by atoms with Crippen molar-refractivity contribution in [2.24, 2.45) is 0 Å². The first-order valence-corrected chi connectivity index (χ1v) is 4.38. The summed E-state index contributed by atoms with van der Waals surface area (Å²) < 4.78 is 18.4. The van der Waals surface area contributed by atoms with E-state index in [2.05, 4.69) is 15.8 Å². The van der Waals surface area contributed by atoms with E-state index in [1.807, 2.05) is 0 Å². The highest BCUT2D eigenvalue weighted by Crippen LogP contribution is 2.39. The molecule has 0 aromatic rings. The number of esters is 1. The zero-order valence-corrected chi connectivity index (χ0v) is 7.28. The number of phosphoric ester groups is 1. The zero-order valence-electron chi connectivity index (χ0n) is 6.39. The van der Waals surface area contributed by atoms with Crippen molar-refractivity contribution in [3.63, 3.8) is 0 Å². The highest BCUT2D eigenvalue weighted by atomic mass is 31.2. The standard InChI is InChI=1S/C5H9O6P/c1-4(3-5(6)10-2)11-12(7,8)9/h1,3H2,2H3,(H2,7,8,9). The van der Waals surface area contributed by atoms with Gasteiger partial charge in [0, 0.05) is 0 Å². The van der Waals surface area contributed by atoms with Crippen LogP contribution in [0.25, 0.3) is 0 Å². The molecule has 7 heteroatoms. The van der Waals surface area contributed by atoms with Crippen molar-refractivity contribution in [2.75, 3.05) is 7.11 Å². The van der Waals surface area contributed by atoms with Crippen LogP contribution in [0.5, 0.6) is 0 Å². The predicted octanol–water partition coefficient (Wildman–Crippen LogP) is 0.172. The lowest BCUT2D eigenvalue weighted by Crippen LogP contribution is -2.02. The summed E-state index contributed by atoms with van der Waals surface area (Å²) in [5, 5.41) is 0. The minimum atomic E-state index is -4.60. The van der Waals surface area contributed by atoms with Gasteiger partial charge >= 0.3 is 13.8 Å². The molecule has 0 heterocycles. The molecule has 0 aliphatic carbocycles. The molecule has 0 atom stereocenters. The van der Waals surface area contributed by atoms with Gasteiger partial charge in [-0.1, -0.05) is 6.58 Å². The summed E-state index contributed by atoms with van der Waals surface area (Å²) in [6.07, 6.45) is -0.373. The second-order valence-electron chi connectivity index (χ2n) is 1.87. The van der Waals surface area contributed by atoms with Crippen molar-refractivity contribution in [3.8, 4) is 0 Å². The average Bonchev–Trinajstić information content (AvgIpc) is 1.82. The van der Waals surface area contributed by atoms with Gasteiger partial charge in [-0.3, -0.25) is 14.6 Å². The molecule has 0 aliphatic rings. The fourth-order valence-corrected chi connectivity index (χ4v) is 0.835. The lowest BCUT2D eigenvalue weighted by atomic mass is 10.4. The van der Waals surface area contributed by atoms with Crippen molar-refractivity contribution in [1.82, 2.24) is 0 Å². The fraction of sp³-hybridized carbons (Fsp3) is 0.400. The number of hydrogen-bond donors (Lipinski definition) is 2. The molecular weight excluding hydrogens is 187 g/mol. The Kier molecular flexibility index (Phi) is 3.95. The zero-order chi connectivity index (χ0) is 9.78.